The topological polar surface area (TPSA) is 59.4 Å². The van der Waals surface area contributed by atoms with Crippen molar-refractivity contribution in [2.45, 2.75) is 10.8 Å². The molecule has 1 aliphatic rings. The van der Waals surface area contributed by atoms with Gasteiger partial charge in [-0.2, -0.15) is 0 Å². The number of benzene rings is 1. The molecule has 0 amide bonds. The quantitative estimate of drug-likeness (QED) is 0.936. The summed E-state index contributed by atoms with van der Waals surface area (Å²) < 4.78 is 5.68. The van der Waals surface area contributed by atoms with E-state index in [1.54, 1.807) is 12.1 Å². The largest absolute Gasteiger partial charge is 0.490 e. The number of carboxylic acid groups (broad SMARTS) is 1. The van der Waals surface area contributed by atoms with Crippen LogP contribution in [0.3, 0.4) is 0 Å². The normalized spacial score (nSPS) is 16.7. The van der Waals surface area contributed by atoms with E-state index in [2.05, 4.69) is 17.1 Å². The van der Waals surface area contributed by atoms with Crippen molar-refractivity contribution in [3.8, 4) is 5.75 Å². The molecule has 1 aromatic heterocycles. The molecule has 1 aliphatic heterocycles. The zero-order valence-corrected chi connectivity index (χ0v) is 11.5. The van der Waals surface area contributed by atoms with Crippen LogP contribution in [0.2, 0.25) is 0 Å². The highest BCUT2D eigenvalue weighted by Gasteiger charge is 2.24. The van der Waals surface area contributed by atoms with Gasteiger partial charge in [0.15, 0.2) is 11.4 Å². The highest BCUT2D eigenvalue weighted by atomic mass is 32.2. The zero-order chi connectivity index (χ0) is 13.9. The molecule has 0 fully saturated rings. The van der Waals surface area contributed by atoms with Crippen LogP contribution in [-0.2, 0) is 0 Å². The summed E-state index contributed by atoms with van der Waals surface area (Å²) in [6.45, 7) is 0.468. The van der Waals surface area contributed by atoms with E-state index in [4.69, 9.17) is 9.84 Å². The lowest BCUT2D eigenvalue weighted by molar-refractivity contribution is 0.0685. The average Bonchev–Trinajstić information content (AvgIpc) is 2.88. The number of aromatic nitrogens is 1. The lowest BCUT2D eigenvalue weighted by Gasteiger charge is -2.13. The van der Waals surface area contributed by atoms with Gasteiger partial charge in [0.05, 0.1) is 6.61 Å². The second-order valence-corrected chi connectivity index (χ2v) is 5.57. The molecule has 0 radical (unpaired) electrons. The third kappa shape index (κ3) is 2.49. The number of hydrogen-bond donors (Lipinski definition) is 1. The molecular weight excluding hydrogens is 274 g/mol. The van der Waals surface area contributed by atoms with E-state index in [1.165, 1.54) is 16.7 Å². The summed E-state index contributed by atoms with van der Waals surface area (Å²) in [5.41, 5.74) is 1.24. The molecule has 1 unspecified atom stereocenters. The van der Waals surface area contributed by atoms with Gasteiger partial charge in [-0.25, -0.2) is 9.78 Å². The van der Waals surface area contributed by atoms with Crippen molar-refractivity contribution in [1.82, 2.24) is 4.98 Å². The monoisotopic (exact) mass is 287 g/mol. The van der Waals surface area contributed by atoms with Crippen LogP contribution in [0.1, 0.15) is 22.0 Å². The van der Waals surface area contributed by atoms with Crippen molar-refractivity contribution in [2.24, 2.45) is 0 Å². The third-order valence-corrected chi connectivity index (χ3v) is 4.46. The number of fused-ring (bicyclic) bond motifs is 1. The fourth-order valence-corrected chi connectivity index (χ4v) is 3.46. The Morgan fingerprint density at radius 3 is 3.05 bits per heavy atom. The predicted molar refractivity (Wildman–Crippen MR) is 76.6 cm³/mol. The highest BCUT2D eigenvalue weighted by molar-refractivity contribution is 7.99. The van der Waals surface area contributed by atoms with Gasteiger partial charge in [0.2, 0.25) is 0 Å². The van der Waals surface area contributed by atoms with Gasteiger partial charge in [-0.1, -0.05) is 18.2 Å². The van der Waals surface area contributed by atoms with Crippen molar-refractivity contribution in [3.05, 3.63) is 53.9 Å². The van der Waals surface area contributed by atoms with Gasteiger partial charge in [-0.05, 0) is 23.8 Å². The van der Waals surface area contributed by atoms with Gasteiger partial charge in [0, 0.05) is 22.8 Å². The fraction of sp³-hybridized carbons (Fsp3) is 0.200. The van der Waals surface area contributed by atoms with E-state index in [9.17, 15) is 4.79 Å². The molecule has 2 heterocycles. The maximum Gasteiger partial charge on any atom is 0.358 e. The van der Waals surface area contributed by atoms with E-state index in [-0.39, 0.29) is 11.6 Å². The Labute approximate surface area is 120 Å². The second-order valence-electron chi connectivity index (χ2n) is 4.51. The molecule has 1 atom stereocenters. The molecule has 0 spiro atoms. The van der Waals surface area contributed by atoms with Gasteiger partial charge in [-0.15, -0.1) is 11.8 Å². The van der Waals surface area contributed by atoms with Gasteiger partial charge < -0.3 is 9.84 Å². The average molecular weight is 287 g/mol. The van der Waals surface area contributed by atoms with Crippen LogP contribution in [0.4, 0.5) is 0 Å². The van der Waals surface area contributed by atoms with Crippen LogP contribution in [-0.4, -0.2) is 28.4 Å². The van der Waals surface area contributed by atoms with Gasteiger partial charge in [-0.3, -0.25) is 0 Å². The van der Waals surface area contributed by atoms with E-state index in [0.29, 0.717) is 12.4 Å². The first-order chi connectivity index (χ1) is 9.75. The smallest absolute Gasteiger partial charge is 0.358 e. The number of carboxylic acids is 1. The summed E-state index contributed by atoms with van der Waals surface area (Å²) in [5.74, 6) is 0.511. The van der Waals surface area contributed by atoms with E-state index in [1.807, 2.05) is 23.9 Å². The maximum atomic E-state index is 11.1. The van der Waals surface area contributed by atoms with Gasteiger partial charge in [0.25, 0.3) is 0 Å². The lowest BCUT2D eigenvalue weighted by Crippen LogP contribution is -2.12. The number of nitrogens with zero attached hydrogens (tertiary/aromatic N) is 1. The van der Waals surface area contributed by atoms with Crippen LogP contribution in [0, 0.1) is 0 Å². The Morgan fingerprint density at radius 2 is 2.20 bits per heavy atom. The fourth-order valence-electron chi connectivity index (χ4n) is 2.23. The van der Waals surface area contributed by atoms with Crippen LogP contribution in [0.15, 0.2) is 47.5 Å². The molecule has 0 saturated carbocycles. The number of aromatic carboxylic acids is 1. The van der Waals surface area contributed by atoms with Crippen molar-refractivity contribution in [3.63, 3.8) is 0 Å². The van der Waals surface area contributed by atoms with Crippen LogP contribution in [0.5, 0.6) is 5.75 Å². The number of carbonyl (C=O) groups is 1. The predicted octanol–water partition coefficient (Wildman–Crippen LogP) is 3.05. The summed E-state index contributed by atoms with van der Waals surface area (Å²) in [5, 5.41) is 9.07. The van der Waals surface area contributed by atoms with Crippen LogP contribution < -0.4 is 4.74 Å². The second kappa shape index (κ2) is 5.54. The molecule has 0 bridgehead atoms. The number of hydrogen-bond acceptors (Lipinski definition) is 4. The van der Waals surface area contributed by atoms with Crippen molar-refractivity contribution in [1.29, 1.82) is 0 Å². The molecule has 102 valence electrons. The summed E-state index contributed by atoms with van der Waals surface area (Å²) in [6.07, 6.45) is 1.46. The van der Waals surface area contributed by atoms with Crippen molar-refractivity contribution < 1.29 is 14.6 Å². The maximum absolute atomic E-state index is 11.1. The van der Waals surface area contributed by atoms with E-state index < -0.39 is 5.97 Å². The molecule has 4 nitrogen and oxygen atoms in total. The first kappa shape index (κ1) is 13.0. The molecule has 1 aromatic carbocycles. The Morgan fingerprint density at radius 1 is 1.35 bits per heavy atom. The first-order valence-electron chi connectivity index (χ1n) is 6.28. The Hall–Kier alpha value is -2.01. The minimum Gasteiger partial charge on any atom is -0.490 e. The zero-order valence-electron chi connectivity index (χ0n) is 10.7. The van der Waals surface area contributed by atoms with E-state index in [0.717, 1.165) is 5.75 Å². The van der Waals surface area contributed by atoms with Crippen molar-refractivity contribution >= 4 is 17.7 Å². The lowest BCUT2D eigenvalue weighted by atomic mass is 10.0. The number of thioether (sulfide) groups is 1. The van der Waals surface area contributed by atoms with Crippen LogP contribution in [0.25, 0.3) is 0 Å². The number of pyridine rings is 1. The van der Waals surface area contributed by atoms with Crippen LogP contribution >= 0.6 is 11.8 Å². The SMILES string of the molecule is O=C(O)c1ncccc1OCC1CSc2ccccc21. The first-order valence-corrected chi connectivity index (χ1v) is 7.27. The summed E-state index contributed by atoms with van der Waals surface area (Å²) in [6, 6.07) is 11.6. The third-order valence-electron chi connectivity index (χ3n) is 3.21. The molecular formula is C15H13NO3S. The molecule has 5 heteroatoms. The standard InChI is InChI=1S/C15H13NO3S/c17-15(18)14-12(5-3-7-16-14)19-8-10-9-20-13-6-2-1-4-11(10)13/h1-7,10H,8-9H2,(H,17,18). The molecule has 2 aromatic rings. The Balaban J connectivity index is 1.74. The van der Waals surface area contributed by atoms with Gasteiger partial charge >= 0.3 is 5.97 Å². The summed E-state index contributed by atoms with van der Waals surface area (Å²) >= 11 is 1.81. The Bertz CT molecular complexity index is 645. The number of ether oxygens (including phenoxy) is 1. The molecule has 0 aliphatic carbocycles. The summed E-state index contributed by atoms with van der Waals surface area (Å²) in [4.78, 5) is 16.2. The molecule has 1 N–H and O–H groups in total. The Kier molecular flexibility index (Phi) is 3.60. The summed E-state index contributed by atoms with van der Waals surface area (Å²) in [7, 11) is 0. The van der Waals surface area contributed by atoms with Gasteiger partial charge in [0.1, 0.15) is 0 Å². The minimum absolute atomic E-state index is 0.0357. The number of rotatable bonds is 4. The van der Waals surface area contributed by atoms with Crippen molar-refractivity contribution in [2.75, 3.05) is 12.4 Å². The molecule has 20 heavy (non-hydrogen) atoms. The molecule has 0 saturated heterocycles. The molecule has 3 rings (SSSR count). The van der Waals surface area contributed by atoms with E-state index >= 15 is 0 Å². The highest BCUT2D eigenvalue weighted by Crippen LogP contribution is 2.39. The minimum atomic E-state index is -1.07.